The van der Waals surface area contributed by atoms with Crippen molar-refractivity contribution in [2.45, 2.75) is 0 Å². The number of aliphatic hydroxyl groups excluding tert-OH is 1. The normalized spacial score (nSPS) is 10.9. The summed E-state index contributed by atoms with van der Waals surface area (Å²) in [5.74, 6) is -1.53. The largest absolute Gasteiger partial charge is 0.507 e. The second-order valence-corrected chi connectivity index (χ2v) is 4.53. The highest BCUT2D eigenvalue weighted by molar-refractivity contribution is 6.09. The lowest BCUT2D eigenvalue weighted by Crippen LogP contribution is -1.99. The molecular weight excluding hydrogens is 301 g/mol. The monoisotopic (exact) mass is 313 g/mol. The molecule has 0 aliphatic heterocycles. The van der Waals surface area contributed by atoms with Crippen LogP contribution in [0.4, 0.5) is 4.39 Å². The first-order chi connectivity index (χ1) is 11.0. The lowest BCUT2D eigenvalue weighted by Gasteiger charge is -2.06. The molecule has 2 N–H and O–H groups in total. The number of ether oxygens (including phenoxy) is 1. The van der Waals surface area contributed by atoms with Gasteiger partial charge in [-0.25, -0.2) is 4.39 Å². The van der Waals surface area contributed by atoms with Gasteiger partial charge in [-0.05, 0) is 36.4 Å². The number of aliphatic hydroxyl groups is 1. The Morgan fingerprint density at radius 1 is 1.26 bits per heavy atom. The third-order valence-corrected chi connectivity index (χ3v) is 2.95. The first-order valence-electron chi connectivity index (χ1n) is 6.55. The van der Waals surface area contributed by atoms with Crippen molar-refractivity contribution in [1.82, 2.24) is 0 Å². The summed E-state index contributed by atoms with van der Waals surface area (Å²) in [7, 11) is 0. The predicted molar refractivity (Wildman–Crippen MR) is 80.6 cm³/mol. The Kier molecular flexibility index (Phi) is 4.95. The molecule has 0 saturated heterocycles. The van der Waals surface area contributed by atoms with Crippen molar-refractivity contribution >= 4 is 11.5 Å². The van der Waals surface area contributed by atoms with Crippen LogP contribution in [-0.4, -0.2) is 22.6 Å². The summed E-state index contributed by atoms with van der Waals surface area (Å²) in [6.07, 6.45) is 0.929. The third kappa shape index (κ3) is 4.08. The fourth-order valence-electron chi connectivity index (χ4n) is 1.83. The second kappa shape index (κ2) is 7.09. The smallest absolute Gasteiger partial charge is 0.193 e. The van der Waals surface area contributed by atoms with Crippen LogP contribution in [0, 0.1) is 17.1 Å². The first-order valence-corrected chi connectivity index (χ1v) is 6.55. The molecule has 0 heterocycles. The minimum atomic E-state index is -0.629. The highest BCUT2D eigenvalue weighted by Crippen LogP contribution is 2.25. The molecule has 0 amide bonds. The fraction of sp³-hybridized carbons (Fsp3) is 0.0588. The third-order valence-electron chi connectivity index (χ3n) is 2.95. The number of carbonyl (C=O) groups is 1. The molecule has 0 spiro atoms. The van der Waals surface area contributed by atoms with Gasteiger partial charge < -0.3 is 14.9 Å². The van der Waals surface area contributed by atoms with Gasteiger partial charge in [0, 0.05) is 17.7 Å². The zero-order valence-electron chi connectivity index (χ0n) is 11.9. The number of hydrogen-bond donors (Lipinski definition) is 2. The van der Waals surface area contributed by atoms with Crippen LogP contribution < -0.4 is 4.74 Å². The molecule has 2 aromatic rings. The maximum Gasteiger partial charge on any atom is 0.193 e. The number of nitriles is 1. The molecule has 0 aromatic heterocycles. The average molecular weight is 313 g/mol. The minimum Gasteiger partial charge on any atom is -0.507 e. The van der Waals surface area contributed by atoms with Crippen LogP contribution in [0.25, 0.3) is 5.76 Å². The van der Waals surface area contributed by atoms with E-state index in [1.54, 1.807) is 6.07 Å². The number of phenolic OH excluding ortho intramolecular Hbond substituents is 1. The van der Waals surface area contributed by atoms with Crippen LogP contribution >= 0.6 is 0 Å². The van der Waals surface area contributed by atoms with Crippen LogP contribution in [0.3, 0.4) is 0 Å². The fourth-order valence-corrected chi connectivity index (χ4v) is 1.83. The quantitative estimate of drug-likeness (QED) is 0.502. The van der Waals surface area contributed by atoms with E-state index in [0.717, 1.165) is 18.2 Å². The van der Waals surface area contributed by atoms with Crippen molar-refractivity contribution in [2.75, 3.05) is 6.61 Å². The zero-order chi connectivity index (χ0) is 16.8. The predicted octanol–water partition coefficient (Wildman–Crippen LogP) is 3.22. The summed E-state index contributed by atoms with van der Waals surface area (Å²) in [6.45, 7) is -0.183. The Hall–Kier alpha value is -3.33. The number of halogens is 1. The van der Waals surface area contributed by atoms with E-state index in [4.69, 9.17) is 10.00 Å². The van der Waals surface area contributed by atoms with Gasteiger partial charge in [-0.3, -0.25) is 4.79 Å². The van der Waals surface area contributed by atoms with E-state index in [9.17, 15) is 19.4 Å². The van der Waals surface area contributed by atoms with Gasteiger partial charge in [-0.1, -0.05) is 0 Å². The molecule has 0 fully saturated rings. The molecule has 0 atom stereocenters. The maximum absolute atomic E-state index is 12.8. The average Bonchev–Trinajstić information content (AvgIpc) is 2.53. The SMILES string of the molecule is N#CCOc1ccc(C(=O)/C=C(\O)c2ccc(F)cc2)c(O)c1. The molecule has 0 aliphatic carbocycles. The number of benzene rings is 2. The molecule has 0 radical (unpaired) electrons. The van der Waals surface area contributed by atoms with Crippen LogP contribution in [0.5, 0.6) is 11.5 Å². The van der Waals surface area contributed by atoms with Crippen molar-refractivity contribution in [3.63, 3.8) is 0 Å². The number of aromatic hydroxyl groups is 1. The van der Waals surface area contributed by atoms with E-state index >= 15 is 0 Å². The molecule has 0 saturated carbocycles. The Morgan fingerprint density at radius 2 is 1.96 bits per heavy atom. The Bertz CT molecular complexity index is 791. The van der Waals surface area contributed by atoms with E-state index in [0.29, 0.717) is 0 Å². The highest BCUT2D eigenvalue weighted by Gasteiger charge is 2.12. The van der Waals surface area contributed by atoms with E-state index in [1.165, 1.54) is 30.3 Å². The summed E-state index contributed by atoms with van der Waals surface area (Å²) >= 11 is 0. The Labute approximate surface area is 131 Å². The van der Waals surface area contributed by atoms with Gasteiger partial charge >= 0.3 is 0 Å². The van der Waals surface area contributed by atoms with Gasteiger partial charge in [0.1, 0.15) is 29.1 Å². The summed E-state index contributed by atoms with van der Waals surface area (Å²) in [5, 5.41) is 28.1. The van der Waals surface area contributed by atoms with Gasteiger partial charge in [0.2, 0.25) is 0 Å². The molecule has 0 unspecified atom stereocenters. The van der Waals surface area contributed by atoms with Crippen molar-refractivity contribution in [3.8, 4) is 17.6 Å². The lowest BCUT2D eigenvalue weighted by atomic mass is 10.1. The number of hydrogen-bond acceptors (Lipinski definition) is 5. The van der Waals surface area contributed by atoms with E-state index in [-0.39, 0.29) is 35.0 Å². The van der Waals surface area contributed by atoms with E-state index in [2.05, 4.69) is 0 Å². The summed E-state index contributed by atoms with van der Waals surface area (Å²) < 4.78 is 17.8. The molecule has 23 heavy (non-hydrogen) atoms. The number of phenols is 1. The number of nitrogens with zero attached hydrogens (tertiary/aromatic N) is 1. The summed E-state index contributed by atoms with van der Waals surface area (Å²) in [4.78, 5) is 12.1. The molecule has 5 nitrogen and oxygen atoms in total. The Balaban J connectivity index is 2.21. The molecule has 2 rings (SSSR count). The minimum absolute atomic E-state index is 0.0389. The molecule has 6 heteroatoms. The number of allylic oxidation sites excluding steroid dienone is 1. The van der Waals surface area contributed by atoms with Gasteiger partial charge in [0.15, 0.2) is 12.4 Å². The highest BCUT2D eigenvalue weighted by atomic mass is 19.1. The zero-order valence-corrected chi connectivity index (χ0v) is 11.9. The van der Waals surface area contributed by atoms with Crippen LogP contribution in [-0.2, 0) is 0 Å². The van der Waals surface area contributed by atoms with Crippen LogP contribution in [0.1, 0.15) is 15.9 Å². The van der Waals surface area contributed by atoms with Gasteiger partial charge in [-0.2, -0.15) is 5.26 Å². The van der Waals surface area contributed by atoms with E-state index < -0.39 is 11.6 Å². The van der Waals surface area contributed by atoms with Crippen LogP contribution in [0.2, 0.25) is 0 Å². The Morgan fingerprint density at radius 3 is 2.57 bits per heavy atom. The molecular formula is C17H12FNO4. The van der Waals surface area contributed by atoms with Crippen molar-refractivity contribution < 1.29 is 24.1 Å². The number of ketones is 1. The van der Waals surface area contributed by atoms with Crippen molar-refractivity contribution in [3.05, 3.63) is 65.5 Å². The van der Waals surface area contributed by atoms with E-state index in [1.807, 2.05) is 0 Å². The second-order valence-electron chi connectivity index (χ2n) is 4.53. The van der Waals surface area contributed by atoms with Crippen molar-refractivity contribution in [2.24, 2.45) is 0 Å². The molecule has 2 aromatic carbocycles. The lowest BCUT2D eigenvalue weighted by molar-refractivity contribution is 0.104. The topological polar surface area (TPSA) is 90.5 Å². The van der Waals surface area contributed by atoms with Gasteiger partial charge in [0.25, 0.3) is 0 Å². The maximum atomic E-state index is 12.8. The van der Waals surface area contributed by atoms with Gasteiger partial charge in [-0.15, -0.1) is 0 Å². The summed E-state index contributed by atoms with van der Waals surface area (Å²) in [5.41, 5.74) is 0.233. The van der Waals surface area contributed by atoms with Gasteiger partial charge in [0.05, 0.1) is 5.56 Å². The molecule has 116 valence electrons. The molecule has 0 aliphatic rings. The number of rotatable bonds is 5. The first kappa shape index (κ1) is 16.0. The standard InChI is InChI=1S/C17H12FNO4/c18-12-3-1-11(2-4-12)15(20)10-17(22)14-6-5-13(9-16(14)21)23-8-7-19/h1-6,9-10,20-21H,8H2/b15-10-. The molecule has 0 bridgehead atoms. The number of carbonyl (C=O) groups excluding carboxylic acids is 1. The van der Waals surface area contributed by atoms with Crippen LogP contribution in [0.15, 0.2) is 48.5 Å². The van der Waals surface area contributed by atoms with Crippen molar-refractivity contribution in [1.29, 1.82) is 5.26 Å². The summed E-state index contributed by atoms with van der Waals surface area (Å²) in [6, 6.07) is 10.7.